The molecule has 108 valence electrons. The van der Waals surface area contributed by atoms with Crippen LogP contribution in [0.2, 0.25) is 0 Å². The molecule has 0 spiro atoms. The number of carbonyl (C=O) groups is 2. The monoisotopic (exact) mass is 403 g/mol. The minimum absolute atomic E-state index is 0.0307. The molecule has 0 bridgehead atoms. The minimum Gasteiger partial charge on any atom is -0.343 e. The van der Waals surface area contributed by atoms with Crippen LogP contribution in [0.5, 0.6) is 0 Å². The molecule has 1 aromatic carbocycles. The zero-order chi connectivity index (χ0) is 14.5. The van der Waals surface area contributed by atoms with E-state index in [1.807, 2.05) is 6.07 Å². The second kappa shape index (κ2) is 7.19. The first-order valence-corrected chi connectivity index (χ1v) is 7.87. The van der Waals surface area contributed by atoms with Crippen molar-refractivity contribution in [1.82, 2.24) is 15.5 Å². The van der Waals surface area contributed by atoms with Gasteiger partial charge >= 0.3 is 0 Å². The summed E-state index contributed by atoms with van der Waals surface area (Å²) in [5.74, 6) is -0.301. The van der Waals surface area contributed by atoms with Crippen LogP contribution in [0, 0.1) is 0 Å². The second-order valence-corrected chi connectivity index (χ2v) is 6.30. The van der Waals surface area contributed by atoms with Crippen molar-refractivity contribution in [3.05, 3.63) is 32.7 Å². The van der Waals surface area contributed by atoms with Crippen molar-refractivity contribution in [2.75, 3.05) is 32.7 Å². The average Bonchev–Trinajstić information content (AvgIpc) is 2.44. The van der Waals surface area contributed by atoms with Gasteiger partial charge < -0.3 is 15.5 Å². The molecule has 0 unspecified atom stereocenters. The molecule has 0 aliphatic carbocycles. The molecule has 2 N–H and O–H groups in total. The molecule has 2 amide bonds. The zero-order valence-electron chi connectivity index (χ0n) is 10.8. The Labute approximate surface area is 134 Å². The van der Waals surface area contributed by atoms with Gasteiger partial charge in [0.15, 0.2) is 0 Å². The van der Waals surface area contributed by atoms with Crippen molar-refractivity contribution in [3.63, 3.8) is 0 Å². The fourth-order valence-corrected chi connectivity index (χ4v) is 3.26. The van der Waals surface area contributed by atoms with Crippen LogP contribution < -0.4 is 10.6 Å². The molecule has 0 aromatic heterocycles. The van der Waals surface area contributed by atoms with Gasteiger partial charge in [0.25, 0.3) is 5.91 Å². The van der Waals surface area contributed by atoms with Crippen molar-refractivity contribution in [3.8, 4) is 0 Å². The van der Waals surface area contributed by atoms with Gasteiger partial charge in [0.1, 0.15) is 0 Å². The summed E-state index contributed by atoms with van der Waals surface area (Å²) in [4.78, 5) is 25.7. The number of carbonyl (C=O) groups excluding carboxylic acids is 2. The number of rotatable bonds is 3. The van der Waals surface area contributed by atoms with Gasteiger partial charge in [-0.15, -0.1) is 0 Å². The Balaban J connectivity index is 1.89. The Bertz CT molecular complexity index is 496. The van der Waals surface area contributed by atoms with Gasteiger partial charge in [-0.25, -0.2) is 0 Å². The summed E-state index contributed by atoms with van der Waals surface area (Å²) in [5, 5.41) is 5.84. The van der Waals surface area contributed by atoms with Crippen LogP contribution in [-0.4, -0.2) is 49.4 Å². The lowest BCUT2D eigenvalue weighted by molar-refractivity contribution is -0.130. The molecule has 1 heterocycles. The molecule has 1 aliphatic rings. The molecular weight excluding hydrogens is 390 g/mol. The van der Waals surface area contributed by atoms with Crippen LogP contribution in [0.15, 0.2) is 27.1 Å². The fourth-order valence-electron chi connectivity index (χ4n) is 1.97. The van der Waals surface area contributed by atoms with Gasteiger partial charge in [0.05, 0.1) is 6.54 Å². The number of halogens is 2. The minimum atomic E-state index is -0.254. The van der Waals surface area contributed by atoms with Crippen LogP contribution in [0.25, 0.3) is 0 Å². The third kappa shape index (κ3) is 4.29. The number of nitrogens with zero attached hydrogens (tertiary/aromatic N) is 1. The molecule has 20 heavy (non-hydrogen) atoms. The molecule has 0 saturated carbocycles. The van der Waals surface area contributed by atoms with Gasteiger partial charge in [-0.3, -0.25) is 9.59 Å². The van der Waals surface area contributed by atoms with Crippen molar-refractivity contribution in [1.29, 1.82) is 0 Å². The van der Waals surface area contributed by atoms with E-state index in [4.69, 9.17) is 0 Å². The van der Waals surface area contributed by atoms with Crippen LogP contribution in [0.3, 0.4) is 0 Å². The van der Waals surface area contributed by atoms with E-state index in [0.29, 0.717) is 18.7 Å². The molecule has 2 rings (SSSR count). The van der Waals surface area contributed by atoms with Crippen molar-refractivity contribution in [2.45, 2.75) is 0 Å². The quantitative estimate of drug-likeness (QED) is 0.799. The first-order chi connectivity index (χ1) is 9.56. The number of hydrogen-bond donors (Lipinski definition) is 2. The Morgan fingerprint density at radius 1 is 1.15 bits per heavy atom. The van der Waals surface area contributed by atoms with E-state index in [2.05, 4.69) is 42.5 Å². The average molecular weight is 405 g/mol. The first-order valence-electron chi connectivity index (χ1n) is 6.29. The molecule has 1 saturated heterocycles. The standard InChI is InChI=1S/C13H15Br2N3O2/c14-10-5-9(6-11(15)7-10)13(20)17-8-12(19)18-3-1-16-2-4-18/h5-7,16H,1-4,8H2,(H,17,20). The van der Waals surface area contributed by atoms with Crippen LogP contribution >= 0.6 is 31.9 Å². The lowest BCUT2D eigenvalue weighted by Crippen LogP contribution is -2.49. The van der Waals surface area contributed by atoms with E-state index in [1.165, 1.54) is 0 Å². The largest absolute Gasteiger partial charge is 0.343 e. The van der Waals surface area contributed by atoms with E-state index >= 15 is 0 Å². The van der Waals surface area contributed by atoms with Crippen molar-refractivity contribution >= 4 is 43.7 Å². The molecule has 0 atom stereocenters. The zero-order valence-corrected chi connectivity index (χ0v) is 14.0. The van der Waals surface area contributed by atoms with Gasteiger partial charge in [-0.2, -0.15) is 0 Å². The third-order valence-electron chi connectivity index (χ3n) is 2.99. The highest BCUT2D eigenvalue weighted by atomic mass is 79.9. The Kier molecular flexibility index (Phi) is 5.56. The van der Waals surface area contributed by atoms with Crippen LogP contribution in [0.1, 0.15) is 10.4 Å². The number of benzene rings is 1. The van der Waals surface area contributed by atoms with Gasteiger partial charge in [-0.05, 0) is 18.2 Å². The van der Waals surface area contributed by atoms with E-state index in [9.17, 15) is 9.59 Å². The summed E-state index contributed by atoms with van der Waals surface area (Å²) in [6, 6.07) is 5.29. The summed E-state index contributed by atoms with van der Waals surface area (Å²) >= 11 is 6.66. The Hall–Kier alpha value is -0.920. The highest BCUT2D eigenvalue weighted by molar-refractivity contribution is 9.11. The lowest BCUT2D eigenvalue weighted by Gasteiger charge is -2.27. The Morgan fingerprint density at radius 3 is 2.35 bits per heavy atom. The topological polar surface area (TPSA) is 61.4 Å². The molecule has 7 heteroatoms. The molecule has 0 radical (unpaired) electrons. The Morgan fingerprint density at radius 2 is 1.75 bits per heavy atom. The first kappa shape index (κ1) is 15.5. The van der Waals surface area contributed by atoms with Gasteiger partial charge in [-0.1, -0.05) is 31.9 Å². The van der Waals surface area contributed by atoms with Crippen molar-refractivity contribution in [2.24, 2.45) is 0 Å². The molecule has 1 aliphatic heterocycles. The molecule has 1 fully saturated rings. The van der Waals surface area contributed by atoms with Gasteiger partial charge in [0.2, 0.25) is 5.91 Å². The number of hydrogen-bond acceptors (Lipinski definition) is 3. The van der Waals surface area contributed by atoms with Gasteiger partial charge in [0, 0.05) is 40.7 Å². The van der Waals surface area contributed by atoms with E-state index in [1.54, 1.807) is 17.0 Å². The van der Waals surface area contributed by atoms with E-state index in [0.717, 1.165) is 22.0 Å². The predicted octanol–water partition coefficient (Wildman–Crippen LogP) is 1.37. The summed E-state index contributed by atoms with van der Waals surface area (Å²) in [6.07, 6.45) is 0. The number of piperazine rings is 1. The maximum absolute atomic E-state index is 12.0. The third-order valence-corrected chi connectivity index (χ3v) is 3.91. The SMILES string of the molecule is O=C(NCC(=O)N1CCNCC1)c1cc(Br)cc(Br)c1. The van der Waals surface area contributed by atoms with E-state index < -0.39 is 0 Å². The van der Waals surface area contributed by atoms with Crippen LogP contribution in [-0.2, 0) is 4.79 Å². The van der Waals surface area contributed by atoms with Crippen LogP contribution in [0.4, 0.5) is 0 Å². The summed E-state index contributed by atoms with van der Waals surface area (Å²) < 4.78 is 1.62. The highest BCUT2D eigenvalue weighted by Crippen LogP contribution is 2.19. The fraction of sp³-hybridized carbons (Fsp3) is 0.385. The number of nitrogens with one attached hydrogen (secondary N) is 2. The molecule has 1 aromatic rings. The molecular formula is C13H15Br2N3O2. The molecule has 5 nitrogen and oxygen atoms in total. The smallest absolute Gasteiger partial charge is 0.251 e. The maximum Gasteiger partial charge on any atom is 0.251 e. The number of amides is 2. The van der Waals surface area contributed by atoms with E-state index in [-0.39, 0.29) is 18.4 Å². The predicted molar refractivity (Wildman–Crippen MR) is 83.6 cm³/mol. The normalized spacial score (nSPS) is 15.0. The van der Waals surface area contributed by atoms with Crippen molar-refractivity contribution < 1.29 is 9.59 Å². The lowest BCUT2D eigenvalue weighted by atomic mass is 10.2. The summed E-state index contributed by atoms with van der Waals surface area (Å²) in [6.45, 7) is 3.02. The summed E-state index contributed by atoms with van der Waals surface area (Å²) in [7, 11) is 0. The second-order valence-electron chi connectivity index (χ2n) is 4.47. The highest BCUT2D eigenvalue weighted by Gasteiger charge is 2.17. The summed E-state index contributed by atoms with van der Waals surface area (Å²) in [5.41, 5.74) is 0.513. The maximum atomic E-state index is 12.0.